The Morgan fingerprint density at radius 1 is 1.18 bits per heavy atom. The minimum atomic E-state index is 0. The summed E-state index contributed by atoms with van der Waals surface area (Å²) in [7, 11) is 1.90. The molecule has 0 aliphatic carbocycles. The molecule has 2 aromatic rings. The predicted octanol–water partition coefficient (Wildman–Crippen LogP) is 3.36. The molecule has 0 saturated carbocycles. The molecular formula is C18H23ClN2O. The van der Waals surface area contributed by atoms with E-state index in [1.165, 1.54) is 22.8 Å². The van der Waals surface area contributed by atoms with Gasteiger partial charge in [-0.05, 0) is 41.8 Å². The third-order valence-electron chi connectivity index (χ3n) is 4.22. The second-order valence-corrected chi connectivity index (χ2v) is 5.88. The lowest BCUT2D eigenvalue weighted by Gasteiger charge is -2.27. The Balaban J connectivity index is 0.00000176. The van der Waals surface area contributed by atoms with Crippen molar-refractivity contribution in [3.63, 3.8) is 0 Å². The van der Waals surface area contributed by atoms with Crippen molar-refractivity contribution < 1.29 is 4.79 Å². The molecular weight excluding hydrogens is 296 g/mol. The summed E-state index contributed by atoms with van der Waals surface area (Å²) in [6.45, 7) is 1.63. The lowest BCUT2D eigenvalue weighted by atomic mass is 10.0. The number of likely N-dealkylation sites (N-methyl/N-ethyl adjacent to an activating group) is 1. The van der Waals surface area contributed by atoms with E-state index in [1.54, 1.807) is 0 Å². The molecule has 1 aliphatic heterocycles. The predicted molar refractivity (Wildman–Crippen MR) is 93.3 cm³/mol. The fourth-order valence-electron chi connectivity index (χ4n) is 3.02. The third-order valence-corrected chi connectivity index (χ3v) is 4.22. The van der Waals surface area contributed by atoms with Crippen molar-refractivity contribution >= 4 is 29.1 Å². The molecule has 4 heteroatoms. The summed E-state index contributed by atoms with van der Waals surface area (Å²) in [5.74, 6) is 0.211. The van der Waals surface area contributed by atoms with Gasteiger partial charge in [0.15, 0.2) is 0 Å². The van der Waals surface area contributed by atoms with Crippen LogP contribution in [0.5, 0.6) is 0 Å². The van der Waals surface area contributed by atoms with Crippen molar-refractivity contribution in [2.45, 2.75) is 31.8 Å². The zero-order chi connectivity index (χ0) is 14.7. The van der Waals surface area contributed by atoms with Crippen LogP contribution in [0.2, 0.25) is 0 Å². The van der Waals surface area contributed by atoms with Crippen molar-refractivity contribution in [3.8, 4) is 0 Å². The number of nitrogens with zero attached hydrogens (tertiary/aromatic N) is 1. The Labute approximate surface area is 138 Å². The summed E-state index contributed by atoms with van der Waals surface area (Å²) in [5, 5.41) is 5.79. The zero-order valence-electron chi connectivity index (χ0n) is 12.9. The van der Waals surface area contributed by atoms with Gasteiger partial charge in [0.1, 0.15) is 0 Å². The highest BCUT2D eigenvalue weighted by Gasteiger charge is 2.23. The zero-order valence-corrected chi connectivity index (χ0v) is 13.7. The second kappa shape index (κ2) is 7.61. The maximum atomic E-state index is 12.4. The molecule has 1 heterocycles. The van der Waals surface area contributed by atoms with Crippen LogP contribution in [0.25, 0.3) is 10.8 Å². The number of halogens is 1. The van der Waals surface area contributed by atoms with Crippen LogP contribution in [0.4, 0.5) is 0 Å². The first-order valence-corrected chi connectivity index (χ1v) is 7.70. The topological polar surface area (TPSA) is 32.3 Å². The number of hydrogen-bond donors (Lipinski definition) is 1. The number of carbonyl (C=O) groups is 1. The Kier molecular flexibility index (Phi) is 5.81. The summed E-state index contributed by atoms with van der Waals surface area (Å²) in [5.41, 5.74) is 1.18. The molecule has 1 atom stereocenters. The fraction of sp³-hybridized carbons (Fsp3) is 0.389. The number of benzene rings is 2. The van der Waals surface area contributed by atoms with Crippen LogP contribution in [0, 0.1) is 0 Å². The van der Waals surface area contributed by atoms with E-state index in [-0.39, 0.29) is 24.4 Å². The van der Waals surface area contributed by atoms with Gasteiger partial charge in [-0.1, -0.05) is 42.8 Å². The number of nitrogens with one attached hydrogen (secondary N) is 1. The normalized spacial score (nSPS) is 17.8. The molecule has 2 aromatic carbocycles. The second-order valence-electron chi connectivity index (χ2n) is 5.88. The summed E-state index contributed by atoms with van der Waals surface area (Å²) < 4.78 is 0. The van der Waals surface area contributed by atoms with Crippen LogP contribution in [-0.2, 0) is 11.3 Å². The SMILES string of the molecule is CN(Cc1ccc2ccccc2c1)C(=O)[C@H]1CCCCN1.Cl. The van der Waals surface area contributed by atoms with E-state index in [9.17, 15) is 4.79 Å². The summed E-state index contributed by atoms with van der Waals surface area (Å²) >= 11 is 0. The molecule has 3 rings (SSSR count). The van der Waals surface area contributed by atoms with Crippen molar-refractivity contribution in [3.05, 3.63) is 48.0 Å². The molecule has 1 saturated heterocycles. The van der Waals surface area contributed by atoms with E-state index in [4.69, 9.17) is 0 Å². The fourth-order valence-corrected chi connectivity index (χ4v) is 3.02. The van der Waals surface area contributed by atoms with Gasteiger partial charge in [0, 0.05) is 13.6 Å². The molecule has 1 aliphatic rings. The molecule has 1 N–H and O–H groups in total. The van der Waals surface area contributed by atoms with E-state index < -0.39 is 0 Å². The van der Waals surface area contributed by atoms with Gasteiger partial charge in [0.2, 0.25) is 5.91 Å². The van der Waals surface area contributed by atoms with Crippen LogP contribution in [0.1, 0.15) is 24.8 Å². The minimum absolute atomic E-state index is 0. The Bertz CT molecular complexity index is 638. The van der Waals surface area contributed by atoms with Gasteiger partial charge in [0.25, 0.3) is 0 Å². The maximum Gasteiger partial charge on any atom is 0.239 e. The molecule has 0 radical (unpaired) electrons. The van der Waals surface area contributed by atoms with Gasteiger partial charge >= 0.3 is 0 Å². The standard InChI is InChI=1S/C18H22N2O.ClH/c1-20(18(21)17-8-4-5-11-19-17)13-14-9-10-15-6-2-3-7-16(15)12-14;/h2-3,6-7,9-10,12,17,19H,4-5,8,11,13H2,1H3;1H/t17-;/m1./s1. The van der Waals surface area contributed by atoms with E-state index >= 15 is 0 Å². The van der Waals surface area contributed by atoms with E-state index in [0.717, 1.165) is 19.4 Å². The smallest absolute Gasteiger partial charge is 0.239 e. The number of rotatable bonds is 3. The molecule has 0 unspecified atom stereocenters. The van der Waals surface area contributed by atoms with Crippen molar-refractivity contribution in [2.75, 3.05) is 13.6 Å². The quantitative estimate of drug-likeness (QED) is 0.941. The van der Waals surface area contributed by atoms with Crippen molar-refractivity contribution in [1.82, 2.24) is 10.2 Å². The van der Waals surface area contributed by atoms with Crippen LogP contribution in [0.15, 0.2) is 42.5 Å². The summed E-state index contributed by atoms with van der Waals surface area (Å²) in [6, 6.07) is 14.7. The van der Waals surface area contributed by atoms with Gasteiger partial charge in [-0.25, -0.2) is 0 Å². The summed E-state index contributed by atoms with van der Waals surface area (Å²) in [4.78, 5) is 14.3. The van der Waals surface area contributed by atoms with Crippen LogP contribution in [0.3, 0.4) is 0 Å². The first-order chi connectivity index (χ1) is 10.2. The number of fused-ring (bicyclic) bond motifs is 1. The number of piperidine rings is 1. The molecule has 0 bridgehead atoms. The molecule has 22 heavy (non-hydrogen) atoms. The van der Waals surface area contributed by atoms with Crippen molar-refractivity contribution in [1.29, 1.82) is 0 Å². The van der Waals surface area contributed by atoms with Gasteiger partial charge in [0.05, 0.1) is 6.04 Å². The minimum Gasteiger partial charge on any atom is -0.340 e. The van der Waals surface area contributed by atoms with Gasteiger partial charge in [-0.2, -0.15) is 0 Å². The lowest BCUT2D eigenvalue weighted by Crippen LogP contribution is -2.46. The average Bonchev–Trinajstić information content (AvgIpc) is 2.55. The number of amides is 1. The monoisotopic (exact) mass is 318 g/mol. The lowest BCUT2D eigenvalue weighted by molar-refractivity contribution is -0.133. The highest BCUT2D eigenvalue weighted by molar-refractivity contribution is 5.85. The first-order valence-electron chi connectivity index (χ1n) is 7.70. The van der Waals surface area contributed by atoms with Crippen LogP contribution < -0.4 is 5.32 Å². The largest absolute Gasteiger partial charge is 0.340 e. The number of hydrogen-bond acceptors (Lipinski definition) is 2. The molecule has 1 fully saturated rings. The van der Waals surface area contributed by atoms with Gasteiger partial charge < -0.3 is 10.2 Å². The first kappa shape index (κ1) is 16.8. The third kappa shape index (κ3) is 3.79. The van der Waals surface area contributed by atoms with E-state index in [2.05, 4.69) is 35.6 Å². The Hall–Kier alpha value is -1.58. The van der Waals surface area contributed by atoms with Crippen molar-refractivity contribution in [2.24, 2.45) is 0 Å². The Morgan fingerprint density at radius 2 is 1.95 bits per heavy atom. The number of carbonyl (C=O) groups excluding carboxylic acids is 1. The summed E-state index contributed by atoms with van der Waals surface area (Å²) in [6.07, 6.45) is 3.28. The molecule has 0 spiro atoms. The molecule has 0 aromatic heterocycles. The molecule has 3 nitrogen and oxygen atoms in total. The van der Waals surface area contributed by atoms with E-state index in [0.29, 0.717) is 6.54 Å². The van der Waals surface area contributed by atoms with Crippen LogP contribution >= 0.6 is 12.4 Å². The average molecular weight is 319 g/mol. The highest BCUT2D eigenvalue weighted by Crippen LogP contribution is 2.17. The van der Waals surface area contributed by atoms with Gasteiger partial charge in [-0.15, -0.1) is 12.4 Å². The van der Waals surface area contributed by atoms with E-state index in [1.807, 2.05) is 24.1 Å². The van der Waals surface area contributed by atoms with Crippen LogP contribution in [-0.4, -0.2) is 30.4 Å². The molecule has 118 valence electrons. The Morgan fingerprint density at radius 3 is 2.68 bits per heavy atom. The van der Waals surface area contributed by atoms with Gasteiger partial charge in [-0.3, -0.25) is 4.79 Å². The highest BCUT2D eigenvalue weighted by atomic mass is 35.5. The maximum absolute atomic E-state index is 12.4. The molecule has 1 amide bonds.